The Morgan fingerprint density at radius 2 is 1.81 bits per heavy atom. The predicted molar refractivity (Wildman–Crippen MR) is 102 cm³/mol. The molecule has 1 saturated heterocycles. The second-order valence-corrected chi connectivity index (χ2v) is 6.95. The van der Waals surface area contributed by atoms with Gasteiger partial charge in [0.2, 0.25) is 0 Å². The van der Waals surface area contributed by atoms with Crippen molar-refractivity contribution >= 4 is 5.97 Å². The van der Waals surface area contributed by atoms with Crippen molar-refractivity contribution in [1.82, 2.24) is 14.8 Å². The van der Waals surface area contributed by atoms with Crippen molar-refractivity contribution in [3.63, 3.8) is 0 Å². The maximum atomic E-state index is 11.1. The second kappa shape index (κ2) is 8.92. The highest BCUT2D eigenvalue weighted by Gasteiger charge is 2.25. The number of rotatable bonds is 8. The average Bonchev–Trinajstić information content (AvgIpc) is 3.10. The molecule has 5 nitrogen and oxygen atoms in total. The quantitative estimate of drug-likeness (QED) is 0.789. The first-order valence-electron chi connectivity index (χ1n) is 9.33. The molecule has 5 heteroatoms. The number of likely N-dealkylation sites (tertiary alicyclic amines) is 1. The van der Waals surface area contributed by atoms with Crippen LogP contribution in [0.5, 0.6) is 0 Å². The van der Waals surface area contributed by atoms with Crippen LogP contribution in [0.3, 0.4) is 0 Å². The molecule has 0 aliphatic carbocycles. The van der Waals surface area contributed by atoms with Gasteiger partial charge in [0.05, 0.1) is 5.56 Å². The van der Waals surface area contributed by atoms with Crippen LogP contribution in [-0.2, 0) is 13.1 Å². The summed E-state index contributed by atoms with van der Waals surface area (Å²) in [4.78, 5) is 20.2. The van der Waals surface area contributed by atoms with Crippen LogP contribution in [0.2, 0.25) is 0 Å². The van der Waals surface area contributed by atoms with Crippen molar-refractivity contribution in [1.29, 1.82) is 0 Å². The van der Waals surface area contributed by atoms with Crippen LogP contribution < -0.4 is 0 Å². The Kier molecular flexibility index (Phi) is 6.36. The molecule has 1 aromatic carbocycles. The number of nitrogens with zero attached hydrogens (tertiary/aromatic N) is 3. The Labute approximate surface area is 155 Å². The van der Waals surface area contributed by atoms with Gasteiger partial charge in [0.25, 0.3) is 0 Å². The zero-order valence-corrected chi connectivity index (χ0v) is 15.3. The first-order valence-corrected chi connectivity index (χ1v) is 9.33. The highest BCUT2D eigenvalue weighted by atomic mass is 16.4. The fraction of sp³-hybridized carbons (Fsp3) is 0.429. The van der Waals surface area contributed by atoms with E-state index < -0.39 is 5.97 Å². The molecule has 2 aromatic rings. The van der Waals surface area contributed by atoms with Crippen LogP contribution in [0.1, 0.15) is 41.3 Å². The summed E-state index contributed by atoms with van der Waals surface area (Å²) in [6, 6.07) is 12.0. The normalized spacial score (nSPS) is 17.7. The molecule has 1 N–H and O–H groups in total. The fourth-order valence-electron chi connectivity index (χ4n) is 3.76. The van der Waals surface area contributed by atoms with Crippen molar-refractivity contribution in [2.45, 2.75) is 38.9 Å². The Balaban J connectivity index is 1.72. The maximum absolute atomic E-state index is 11.1. The minimum absolute atomic E-state index is 0.336. The van der Waals surface area contributed by atoms with Gasteiger partial charge in [-0.2, -0.15) is 0 Å². The molecule has 0 amide bonds. The summed E-state index contributed by atoms with van der Waals surface area (Å²) in [6.07, 6.45) is 6.19. The summed E-state index contributed by atoms with van der Waals surface area (Å²) in [7, 11) is 0. The molecule has 1 unspecified atom stereocenters. The Bertz CT molecular complexity index is 703. The van der Waals surface area contributed by atoms with E-state index in [-0.39, 0.29) is 0 Å². The van der Waals surface area contributed by atoms with Crippen molar-refractivity contribution in [2.24, 2.45) is 0 Å². The smallest absolute Gasteiger partial charge is 0.335 e. The predicted octanol–water partition coefficient (Wildman–Crippen LogP) is 3.27. The van der Waals surface area contributed by atoms with Gasteiger partial charge in [0.15, 0.2) is 0 Å². The van der Waals surface area contributed by atoms with Crippen molar-refractivity contribution in [3.8, 4) is 0 Å². The lowest BCUT2D eigenvalue weighted by molar-refractivity contribution is 0.0697. The molecule has 1 aromatic heterocycles. The summed E-state index contributed by atoms with van der Waals surface area (Å²) >= 11 is 0. The highest BCUT2D eigenvalue weighted by molar-refractivity contribution is 5.87. The van der Waals surface area contributed by atoms with Gasteiger partial charge in [0.1, 0.15) is 0 Å². The molecule has 1 atom stereocenters. The molecule has 26 heavy (non-hydrogen) atoms. The third-order valence-corrected chi connectivity index (χ3v) is 5.14. The lowest BCUT2D eigenvalue weighted by Crippen LogP contribution is -2.39. The highest BCUT2D eigenvalue weighted by Crippen LogP contribution is 2.20. The number of hydrogen-bond acceptors (Lipinski definition) is 4. The van der Waals surface area contributed by atoms with E-state index >= 15 is 0 Å². The fourth-order valence-corrected chi connectivity index (χ4v) is 3.76. The second-order valence-electron chi connectivity index (χ2n) is 6.95. The first kappa shape index (κ1) is 18.5. The molecule has 1 aliphatic heterocycles. The molecule has 1 aliphatic rings. The minimum Gasteiger partial charge on any atom is -0.478 e. The first-order chi connectivity index (χ1) is 12.7. The van der Waals surface area contributed by atoms with Gasteiger partial charge in [-0.3, -0.25) is 14.8 Å². The molecular formula is C21H27N3O2. The van der Waals surface area contributed by atoms with E-state index in [0.717, 1.165) is 31.7 Å². The molecule has 3 rings (SSSR count). The molecule has 0 bridgehead atoms. The number of benzene rings is 1. The summed E-state index contributed by atoms with van der Waals surface area (Å²) < 4.78 is 0. The molecule has 0 spiro atoms. The van der Waals surface area contributed by atoms with Crippen LogP contribution in [0.25, 0.3) is 0 Å². The molecule has 1 fully saturated rings. The molecule has 138 valence electrons. The van der Waals surface area contributed by atoms with Gasteiger partial charge in [-0.05, 0) is 61.3 Å². The van der Waals surface area contributed by atoms with E-state index in [1.807, 2.05) is 24.5 Å². The zero-order chi connectivity index (χ0) is 18.4. The molecule has 0 saturated carbocycles. The summed E-state index contributed by atoms with van der Waals surface area (Å²) in [5, 5.41) is 9.08. The summed E-state index contributed by atoms with van der Waals surface area (Å²) in [6.45, 7) is 7.24. The average molecular weight is 353 g/mol. The summed E-state index contributed by atoms with van der Waals surface area (Å²) in [5.41, 5.74) is 2.73. The van der Waals surface area contributed by atoms with Gasteiger partial charge in [-0.1, -0.05) is 19.1 Å². The number of pyridine rings is 1. The van der Waals surface area contributed by atoms with E-state index in [4.69, 9.17) is 5.11 Å². The van der Waals surface area contributed by atoms with Crippen molar-refractivity contribution in [2.75, 3.05) is 19.6 Å². The van der Waals surface area contributed by atoms with Gasteiger partial charge in [0, 0.05) is 38.1 Å². The number of aromatic carboxylic acids is 1. The van der Waals surface area contributed by atoms with Crippen LogP contribution in [-0.4, -0.2) is 51.5 Å². The Morgan fingerprint density at radius 1 is 1.15 bits per heavy atom. The molecule has 0 radical (unpaired) electrons. The number of hydrogen-bond donors (Lipinski definition) is 1. The standard InChI is InChI=1S/C21H27N3O2/c1-2-24-13-3-4-20(24)16-23(15-18-9-11-22-12-10-18)14-17-5-7-19(8-6-17)21(25)26/h5-12,20H,2-4,13-16H2,1H3,(H,25,26). The van der Waals surface area contributed by atoms with Crippen LogP contribution >= 0.6 is 0 Å². The largest absolute Gasteiger partial charge is 0.478 e. The van der Waals surface area contributed by atoms with Crippen LogP contribution in [0.4, 0.5) is 0 Å². The van der Waals surface area contributed by atoms with Crippen LogP contribution in [0.15, 0.2) is 48.8 Å². The van der Waals surface area contributed by atoms with E-state index in [1.54, 1.807) is 12.1 Å². The van der Waals surface area contributed by atoms with Gasteiger partial charge in [-0.15, -0.1) is 0 Å². The lowest BCUT2D eigenvalue weighted by Gasteiger charge is -2.30. The van der Waals surface area contributed by atoms with Crippen LogP contribution in [0, 0.1) is 0 Å². The maximum Gasteiger partial charge on any atom is 0.335 e. The SMILES string of the molecule is CCN1CCCC1CN(Cc1ccncc1)Cc1ccc(C(=O)O)cc1. The van der Waals surface area contributed by atoms with Crippen molar-refractivity contribution in [3.05, 3.63) is 65.5 Å². The third kappa shape index (κ3) is 4.90. The topological polar surface area (TPSA) is 56.7 Å². The Hall–Kier alpha value is -2.24. The molecular weight excluding hydrogens is 326 g/mol. The number of likely N-dealkylation sites (N-methyl/N-ethyl adjacent to an activating group) is 1. The van der Waals surface area contributed by atoms with Gasteiger partial charge >= 0.3 is 5.97 Å². The lowest BCUT2D eigenvalue weighted by atomic mass is 10.1. The van der Waals surface area contributed by atoms with E-state index in [1.165, 1.54) is 24.9 Å². The van der Waals surface area contributed by atoms with E-state index in [0.29, 0.717) is 11.6 Å². The monoisotopic (exact) mass is 353 g/mol. The molecule has 2 heterocycles. The number of carboxylic acids is 1. The number of carbonyl (C=O) groups is 1. The van der Waals surface area contributed by atoms with E-state index in [2.05, 4.69) is 33.8 Å². The van der Waals surface area contributed by atoms with E-state index in [9.17, 15) is 4.79 Å². The van der Waals surface area contributed by atoms with Crippen molar-refractivity contribution < 1.29 is 9.90 Å². The van der Waals surface area contributed by atoms with Gasteiger partial charge < -0.3 is 5.11 Å². The summed E-state index contributed by atoms with van der Waals surface area (Å²) in [5.74, 6) is -0.880. The number of carboxylic acid groups (broad SMARTS) is 1. The third-order valence-electron chi connectivity index (χ3n) is 5.14. The minimum atomic E-state index is -0.880. The number of aromatic nitrogens is 1. The Morgan fingerprint density at radius 3 is 2.42 bits per heavy atom. The van der Waals surface area contributed by atoms with Gasteiger partial charge in [-0.25, -0.2) is 4.79 Å². The zero-order valence-electron chi connectivity index (χ0n) is 15.3.